The van der Waals surface area contributed by atoms with Crippen LogP contribution in [0.15, 0.2) is 12.1 Å². The summed E-state index contributed by atoms with van der Waals surface area (Å²) in [5, 5.41) is 0. The first-order valence-electron chi connectivity index (χ1n) is 6.07. The summed E-state index contributed by atoms with van der Waals surface area (Å²) in [6.07, 6.45) is 2.03. The Balaban J connectivity index is 1.72. The van der Waals surface area contributed by atoms with Crippen molar-refractivity contribution in [1.29, 1.82) is 0 Å². The maximum absolute atomic E-state index is 11.8. The highest BCUT2D eigenvalue weighted by Crippen LogP contribution is 2.18. The molecule has 1 aromatic rings. The molecule has 1 saturated heterocycles. The van der Waals surface area contributed by atoms with Crippen LogP contribution in [0.3, 0.4) is 0 Å². The minimum Gasteiger partial charge on any atom is -0.381 e. The number of rotatable bonds is 6. The predicted octanol–water partition coefficient (Wildman–Crippen LogP) is 2.55. The second kappa shape index (κ2) is 6.28. The van der Waals surface area contributed by atoms with Crippen LogP contribution in [0.4, 0.5) is 0 Å². The van der Waals surface area contributed by atoms with Gasteiger partial charge in [-0.15, -0.1) is 11.3 Å². The van der Waals surface area contributed by atoms with E-state index in [1.54, 1.807) is 11.3 Å². The van der Waals surface area contributed by atoms with E-state index in [9.17, 15) is 4.79 Å². The fourth-order valence-electron chi connectivity index (χ4n) is 1.82. The average molecular weight is 254 g/mol. The third kappa shape index (κ3) is 3.63. The Bertz CT molecular complexity index is 366. The lowest BCUT2D eigenvalue weighted by atomic mass is 10.1. The van der Waals surface area contributed by atoms with Gasteiger partial charge < -0.3 is 9.47 Å². The monoisotopic (exact) mass is 254 g/mol. The zero-order valence-electron chi connectivity index (χ0n) is 10.1. The lowest BCUT2D eigenvalue weighted by Crippen LogP contribution is -2.14. The van der Waals surface area contributed by atoms with Crippen LogP contribution in [0.1, 0.15) is 27.9 Å². The van der Waals surface area contributed by atoms with Crippen molar-refractivity contribution in [3.8, 4) is 0 Å². The molecule has 17 heavy (non-hydrogen) atoms. The van der Waals surface area contributed by atoms with Gasteiger partial charge in [0.25, 0.3) is 0 Å². The van der Waals surface area contributed by atoms with Crippen molar-refractivity contribution >= 4 is 17.1 Å². The van der Waals surface area contributed by atoms with Gasteiger partial charge in [0.05, 0.1) is 18.1 Å². The van der Waals surface area contributed by atoms with Crippen LogP contribution < -0.4 is 0 Å². The van der Waals surface area contributed by atoms with Crippen molar-refractivity contribution in [2.75, 3.05) is 26.4 Å². The van der Waals surface area contributed by atoms with Crippen molar-refractivity contribution in [3.05, 3.63) is 21.9 Å². The predicted molar refractivity (Wildman–Crippen MR) is 67.8 cm³/mol. The van der Waals surface area contributed by atoms with E-state index in [0.29, 0.717) is 12.5 Å². The molecule has 1 aliphatic rings. The van der Waals surface area contributed by atoms with Crippen LogP contribution in [0.2, 0.25) is 0 Å². The number of carbonyl (C=O) groups is 1. The van der Waals surface area contributed by atoms with Crippen molar-refractivity contribution < 1.29 is 14.3 Å². The van der Waals surface area contributed by atoms with Crippen molar-refractivity contribution in [3.63, 3.8) is 0 Å². The SMILES string of the molecule is CCc1ccc(C(=O)COCC2CCOC2)s1. The molecule has 3 nitrogen and oxygen atoms in total. The van der Waals surface area contributed by atoms with E-state index in [2.05, 4.69) is 6.92 Å². The molecule has 0 N–H and O–H groups in total. The first-order chi connectivity index (χ1) is 8.29. The highest BCUT2D eigenvalue weighted by atomic mass is 32.1. The van der Waals surface area contributed by atoms with Crippen LogP contribution in [0.25, 0.3) is 0 Å². The Morgan fingerprint density at radius 1 is 1.59 bits per heavy atom. The largest absolute Gasteiger partial charge is 0.381 e. The topological polar surface area (TPSA) is 35.5 Å². The molecule has 0 aromatic carbocycles. The van der Waals surface area contributed by atoms with Crippen molar-refractivity contribution in [2.45, 2.75) is 19.8 Å². The zero-order chi connectivity index (χ0) is 12.1. The van der Waals surface area contributed by atoms with Gasteiger partial charge in [0.2, 0.25) is 0 Å². The molecule has 1 unspecified atom stereocenters. The van der Waals surface area contributed by atoms with Crippen molar-refractivity contribution in [2.24, 2.45) is 5.92 Å². The van der Waals surface area contributed by atoms with Crippen LogP contribution in [-0.2, 0) is 15.9 Å². The summed E-state index contributed by atoms with van der Waals surface area (Å²) in [5.74, 6) is 0.561. The number of aryl methyl sites for hydroxylation is 1. The summed E-state index contributed by atoms with van der Waals surface area (Å²) in [4.78, 5) is 13.9. The van der Waals surface area contributed by atoms with Gasteiger partial charge in [0, 0.05) is 17.4 Å². The van der Waals surface area contributed by atoms with E-state index in [0.717, 1.165) is 30.9 Å². The number of hydrogen-bond donors (Lipinski definition) is 0. The van der Waals surface area contributed by atoms with E-state index in [4.69, 9.17) is 9.47 Å². The molecule has 2 rings (SSSR count). The lowest BCUT2D eigenvalue weighted by molar-refractivity contribution is 0.0655. The van der Waals surface area contributed by atoms with E-state index in [-0.39, 0.29) is 12.4 Å². The second-order valence-corrected chi connectivity index (χ2v) is 5.46. The molecular weight excluding hydrogens is 236 g/mol. The van der Waals surface area contributed by atoms with Crippen LogP contribution in [-0.4, -0.2) is 32.2 Å². The summed E-state index contributed by atoms with van der Waals surface area (Å²) in [6.45, 7) is 4.52. The number of carbonyl (C=O) groups excluding carboxylic acids is 1. The Morgan fingerprint density at radius 2 is 2.47 bits per heavy atom. The molecule has 1 atom stereocenters. The number of thiophene rings is 1. The molecule has 0 aliphatic carbocycles. The normalized spacial score (nSPS) is 19.7. The summed E-state index contributed by atoms with van der Waals surface area (Å²) in [7, 11) is 0. The van der Waals surface area contributed by atoms with E-state index >= 15 is 0 Å². The third-order valence-corrected chi connectivity index (χ3v) is 4.17. The summed E-state index contributed by atoms with van der Waals surface area (Å²) < 4.78 is 10.7. The molecule has 0 spiro atoms. The molecular formula is C13H18O3S. The number of ketones is 1. The third-order valence-electron chi connectivity index (χ3n) is 2.90. The second-order valence-electron chi connectivity index (χ2n) is 4.29. The Kier molecular flexibility index (Phi) is 4.71. The van der Waals surface area contributed by atoms with Gasteiger partial charge in [-0.25, -0.2) is 0 Å². The molecule has 1 fully saturated rings. The quantitative estimate of drug-likeness (QED) is 0.732. The van der Waals surface area contributed by atoms with E-state index in [1.807, 2.05) is 12.1 Å². The number of Topliss-reactive ketones (excluding diaryl/α,β-unsaturated/α-hetero) is 1. The average Bonchev–Trinajstić information content (AvgIpc) is 2.99. The molecule has 0 amide bonds. The lowest BCUT2D eigenvalue weighted by Gasteiger charge is -2.07. The summed E-state index contributed by atoms with van der Waals surface area (Å²) in [5.41, 5.74) is 0. The summed E-state index contributed by atoms with van der Waals surface area (Å²) in [6, 6.07) is 3.91. The van der Waals surface area contributed by atoms with Crippen LogP contribution in [0.5, 0.6) is 0 Å². The minimum absolute atomic E-state index is 0.0913. The highest BCUT2D eigenvalue weighted by Gasteiger charge is 2.16. The van der Waals surface area contributed by atoms with Gasteiger partial charge in [-0.1, -0.05) is 6.92 Å². The van der Waals surface area contributed by atoms with Gasteiger partial charge >= 0.3 is 0 Å². The molecule has 1 aromatic heterocycles. The maximum atomic E-state index is 11.8. The van der Waals surface area contributed by atoms with Crippen molar-refractivity contribution in [1.82, 2.24) is 0 Å². The van der Waals surface area contributed by atoms with Gasteiger partial charge in [-0.2, -0.15) is 0 Å². The van der Waals surface area contributed by atoms with Gasteiger partial charge in [-0.05, 0) is 25.0 Å². The Hall–Kier alpha value is -0.710. The number of hydrogen-bond acceptors (Lipinski definition) is 4. The van der Waals surface area contributed by atoms with Crippen LogP contribution in [0, 0.1) is 5.92 Å². The van der Waals surface area contributed by atoms with Gasteiger partial charge in [-0.3, -0.25) is 4.79 Å². The molecule has 2 heterocycles. The standard InChI is InChI=1S/C13H18O3S/c1-2-11-3-4-13(17-11)12(14)9-16-8-10-5-6-15-7-10/h3-4,10H,2,5-9H2,1H3. The van der Waals surface area contributed by atoms with Gasteiger partial charge in [0.15, 0.2) is 5.78 Å². The molecule has 4 heteroatoms. The molecule has 0 bridgehead atoms. The molecule has 1 aliphatic heterocycles. The number of ether oxygens (including phenoxy) is 2. The summed E-state index contributed by atoms with van der Waals surface area (Å²) >= 11 is 1.57. The highest BCUT2D eigenvalue weighted by molar-refractivity contribution is 7.14. The molecule has 0 radical (unpaired) electrons. The Labute approximate surface area is 106 Å². The Morgan fingerprint density at radius 3 is 3.12 bits per heavy atom. The van der Waals surface area contributed by atoms with Crippen LogP contribution >= 0.6 is 11.3 Å². The van der Waals surface area contributed by atoms with Gasteiger partial charge in [0.1, 0.15) is 6.61 Å². The van der Waals surface area contributed by atoms with E-state index in [1.165, 1.54) is 4.88 Å². The maximum Gasteiger partial charge on any atom is 0.198 e. The molecule has 94 valence electrons. The fourth-order valence-corrected chi connectivity index (χ4v) is 2.69. The first-order valence-corrected chi connectivity index (χ1v) is 6.88. The minimum atomic E-state index is 0.0913. The molecule has 0 saturated carbocycles. The van der Waals surface area contributed by atoms with E-state index < -0.39 is 0 Å². The fraction of sp³-hybridized carbons (Fsp3) is 0.615. The zero-order valence-corrected chi connectivity index (χ0v) is 10.9. The smallest absolute Gasteiger partial charge is 0.198 e. The first kappa shape index (κ1) is 12.7.